The molecule has 2 N–H and O–H groups in total. The van der Waals surface area contributed by atoms with E-state index in [0.717, 1.165) is 22.9 Å². The fraction of sp³-hybridized carbons (Fsp3) is 0.179. The zero-order valence-corrected chi connectivity index (χ0v) is 20.4. The van der Waals surface area contributed by atoms with Crippen LogP contribution in [0.3, 0.4) is 0 Å². The average molecular weight is 504 g/mol. The Balaban J connectivity index is 1.46. The van der Waals surface area contributed by atoms with Crippen LogP contribution < -0.4 is 10.1 Å². The largest absolute Gasteiger partial charge is 0.508 e. The number of imide groups is 1. The van der Waals surface area contributed by atoms with Gasteiger partial charge in [0, 0.05) is 0 Å². The van der Waals surface area contributed by atoms with Crippen molar-refractivity contribution in [2.24, 2.45) is 0 Å². The van der Waals surface area contributed by atoms with Gasteiger partial charge in [-0.05, 0) is 72.0 Å². The highest BCUT2D eigenvalue weighted by Crippen LogP contribution is 2.28. The molecule has 0 spiro atoms. The number of benzene rings is 3. The molecule has 1 aliphatic rings. The Hall–Kier alpha value is -4.04. The Bertz CT molecular complexity index is 1270. The molecule has 7 nitrogen and oxygen atoms in total. The van der Waals surface area contributed by atoms with Crippen LogP contribution in [0.2, 0.25) is 0 Å². The lowest BCUT2D eigenvalue weighted by molar-refractivity contribution is -0.136. The van der Waals surface area contributed by atoms with Gasteiger partial charge in [-0.2, -0.15) is 0 Å². The first-order valence-corrected chi connectivity index (χ1v) is 12.4. The number of phenolic OH excluding ortho intramolecular Hbond substituents is 1. The van der Waals surface area contributed by atoms with E-state index >= 15 is 0 Å². The van der Waals surface area contributed by atoms with Gasteiger partial charge in [0.05, 0.1) is 17.4 Å². The van der Waals surface area contributed by atoms with Crippen LogP contribution in [0.1, 0.15) is 30.0 Å². The van der Waals surface area contributed by atoms with E-state index in [1.165, 1.54) is 0 Å². The quantitative estimate of drug-likeness (QED) is 0.223. The van der Waals surface area contributed by atoms with Crippen molar-refractivity contribution in [1.29, 1.82) is 0 Å². The van der Waals surface area contributed by atoms with E-state index in [2.05, 4.69) is 5.32 Å². The molecule has 2 amide bonds. The summed E-state index contributed by atoms with van der Waals surface area (Å²) in [6, 6.07) is 21.0. The molecule has 4 rings (SSSR count). The van der Waals surface area contributed by atoms with Crippen molar-refractivity contribution in [3.05, 3.63) is 89.5 Å². The van der Waals surface area contributed by atoms with Crippen molar-refractivity contribution in [3.63, 3.8) is 0 Å². The first-order valence-electron chi connectivity index (χ1n) is 11.5. The monoisotopic (exact) mass is 503 g/mol. The second kappa shape index (κ2) is 11.6. The summed E-state index contributed by atoms with van der Waals surface area (Å²) in [7, 11) is 0. The molecule has 1 saturated heterocycles. The van der Waals surface area contributed by atoms with Crippen LogP contribution in [0, 0.1) is 0 Å². The fourth-order valence-corrected chi connectivity index (χ4v) is 4.40. The highest BCUT2D eigenvalue weighted by molar-refractivity contribution is 8.15. The predicted molar refractivity (Wildman–Crippen MR) is 139 cm³/mol. The lowest BCUT2D eigenvalue weighted by Crippen LogP contribution is -2.25. The molecule has 0 aliphatic carbocycles. The summed E-state index contributed by atoms with van der Waals surface area (Å²) >= 11 is 1.01. The zero-order valence-electron chi connectivity index (χ0n) is 19.6. The second-order valence-corrected chi connectivity index (χ2v) is 9.32. The van der Waals surface area contributed by atoms with Crippen LogP contribution in [-0.4, -0.2) is 34.1 Å². The van der Waals surface area contributed by atoms with E-state index in [1.807, 2.05) is 19.1 Å². The number of thioether (sulfide) groups is 1. The summed E-state index contributed by atoms with van der Waals surface area (Å²) in [5.74, 6) is 0.671. The normalized spacial score (nSPS) is 15.5. The van der Waals surface area contributed by atoms with Crippen LogP contribution in [-0.2, 0) is 20.7 Å². The molecule has 3 aromatic carbocycles. The molecule has 0 bridgehead atoms. The average Bonchev–Trinajstić information content (AvgIpc) is 3.20. The summed E-state index contributed by atoms with van der Waals surface area (Å²) in [5, 5.41) is 11.1. The fourth-order valence-electron chi connectivity index (χ4n) is 3.54. The lowest BCUT2D eigenvalue weighted by atomic mass is 10.0. The van der Waals surface area contributed by atoms with E-state index in [9.17, 15) is 19.5 Å². The standard InChI is InChI=1S/C28H25NO6S/c1-2-15-34-27(32)24(16-18-3-9-21(30)10-4-18)20-7-13-23(14-8-20)35-22-11-5-19(6-12-22)17-25-26(31)29-28(33)36-25/h3-14,16,25,30H,2,15,17H2,1H3,(H,29,31,33)/b24-16+. The van der Waals surface area contributed by atoms with Crippen LogP contribution >= 0.6 is 11.8 Å². The topological polar surface area (TPSA) is 102 Å². The van der Waals surface area contributed by atoms with Crippen LogP contribution in [0.4, 0.5) is 4.79 Å². The molecular formula is C28H25NO6S. The molecule has 1 fully saturated rings. The van der Waals surface area contributed by atoms with Crippen molar-refractivity contribution in [2.45, 2.75) is 25.0 Å². The van der Waals surface area contributed by atoms with Gasteiger partial charge in [-0.15, -0.1) is 0 Å². The van der Waals surface area contributed by atoms with Crippen LogP contribution in [0.15, 0.2) is 72.8 Å². The van der Waals surface area contributed by atoms with E-state index in [4.69, 9.17) is 9.47 Å². The molecule has 1 aliphatic heterocycles. The van der Waals surface area contributed by atoms with E-state index < -0.39 is 11.2 Å². The summed E-state index contributed by atoms with van der Waals surface area (Å²) in [6.07, 6.45) is 2.90. The number of carbonyl (C=O) groups is 3. The molecule has 1 heterocycles. The van der Waals surface area contributed by atoms with Gasteiger partial charge in [-0.1, -0.05) is 55.1 Å². The maximum absolute atomic E-state index is 12.7. The minimum atomic E-state index is -0.426. The van der Waals surface area contributed by atoms with Crippen molar-refractivity contribution < 1.29 is 29.0 Å². The van der Waals surface area contributed by atoms with Gasteiger partial charge in [-0.25, -0.2) is 4.79 Å². The van der Waals surface area contributed by atoms with E-state index in [1.54, 1.807) is 66.7 Å². The first kappa shape index (κ1) is 25.1. The van der Waals surface area contributed by atoms with Gasteiger partial charge in [-0.3, -0.25) is 14.9 Å². The highest BCUT2D eigenvalue weighted by atomic mass is 32.2. The number of ether oxygens (including phenoxy) is 2. The van der Waals surface area contributed by atoms with Crippen molar-refractivity contribution in [2.75, 3.05) is 6.61 Å². The number of phenols is 1. The Labute approximate surface area is 213 Å². The van der Waals surface area contributed by atoms with Gasteiger partial charge in [0.15, 0.2) is 0 Å². The second-order valence-electron chi connectivity index (χ2n) is 8.14. The molecule has 0 aromatic heterocycles. The minimum Gasteiger partial charge on any atom is -0.508 e. The number of amides is 2. The Morgan fingerprint density at radius 2 is 1.61 bits per heavy atom. The minimum absolute atomic E-state index is 0.148. The molecule has 0 saturated carbocycles. The summed E-state index contributed by atoms with van der Waals surface area (Å²) in [5.41, 5.74) is 2.76. The molecule has 1 atom stereocenters. The Morgan fingerprint density at radius 3 is 2.19 bits per heavy atom. The number of aromatic hydroxyl groups is 1. The smallest absolute Gasteiger partial charge is 0.338 e. The van der Waals surface area contributed by atoms with Crippen LogP contribution in [0.5, 0.6) is 17.2 Å². The van der Waals surface area contributed by atoms with Gasteiger partial charge in [0.2, 0.25) is 5.91 Å². The first-order chi connectivity index (χ1) is 17.4. The number of carbonyl (C=O) groups excluding carboxylic acids is 3. The number of hydrogen-bond acceptors (Lipinski definition) is 7. The SMILES string of the molecule is CCCOC(=O)/C(=C/c1ccc(O)cc1)c1ccc(Oc2ccc(CC3SC(=O)NC3=O)cc2)cc1. The van der Waals surface area contributed by atoms with Crippen molar-refractivity contribution in [1.82, 2.24) is 5.32 Å². The number of nitrogens with one attached hydrogen (secondary N) is 1. The number of rotatable bonds is 9. The molecule has 36 heavy (non-hydrogen) atoms. The molecule has 8 heteroatoms. The van der Waals surface area contributed by atoms with Gasteiger partial charge in [0.1, 0.15) is 17.2 Å². The summed E-state index contributed by atoms with van der Waals surface area (Å²) in [6.45, 7) is 2.25. The molecule has 3 aromatic rings. The van der Waals surface area contributed by atoms with Gasteiger partial charge >= 0.3 is 5.97 Å². The third-order valence-electron chi connectivity index (χ3n) is 5.37. The number of esters is 1. The third kappa shape index (κ3) is 6.55. The predicted octanol–water partition coefficient (Wildman–Crippen LogP) is 5.57. The van der Waals surface area contributed by atoms with Crippen molar-refractivity contribution in [3.8, 4) is 17.2 Å². The molecule has 0 radical (unpaired) electrons. The Morgan fingerprint density at radius 1 is 0.972 bits per heavy atom. The van der Waals surface area contributed by atoms with E-state index in [-0.39, 0.29) is 16.9 Å². The maximum Gasteiger partial charge on any atom is 0.338 e. The molecule has 184 valence electrons. The molecule has 1 unspecified atom stereocenters. The summed E-state index contributed by atoms with van der Waals surface area (Å²) in [4.78, 5) is 35.8. The summed E-state index contributed by atoms with van der Waals surface area (Å²) < 4.78 is 11.3. The number of hydrogen-bond donors (Lipinski definition) is 2. The van der Waals surface area contributed by atoms with Crippen LogP contribution in [0.25, 0.3) is 11.6 Å². The van der Waals surface area contributed by atoms with Gasteiger partial charge < -0.3 is 14.6 Å². The van der Waals surface area contributed by atoms with Gasteiger partial charge in [0.25, 0.3) is 5.24 Å². The molecular weight excluding hydrogens is 478 g/mol. The Kier molecular flexibility index (Phi) is 8.07. The zero-order chi connectivity index (χ0) is 25.5. The highest BCUT2D eigenvalue weighted by Gasteiger charge is 2.31. The van der Waals surface area contributed by atoms with Crippen molar-refractivity contribution >= 4 is 40.5 Å². The lowest BCUT2D eigenvalue weighted by Gasteiger charge is -2.11. The van der Waals surface area contributed by atoms with E-state index in [0.29, 0.717) is 42.1 Å². The third-order valence-corrected chi connectivity index (χ3v) is 6.36. The maximum atomic E-state index is 12.7.